The topological polar surface area (TPSA) is 138 Å². The molecule has 1 aromatic carbocycles. The maximum Gasteiger partial charge on any atom is 0.410 e. The Morgan fingerprint density at radius 1 is 1.07 bits per heavy atom. The Bertz CT molecular complexity index is 1290. The first kappa shape index (κ1) is 28.6. The van der Waals surface area contributed by atoms with Gasteiger partial charge in [-0.3, -0.25) is 0 Å². The van der Waals surface area contributed by atoms with Gasteiger partial charge in [0.2, 0.25) is 5.82 Å². The lowest BCUT2D eigenvalue weighted by Crippen LogP contribution is -2.56. The predicted octanol–water partition coefficient (Wildman–Crippen LogP) is 3.30. The van der Waals surface area contributed by atoms with Crippen LogP contribution in [-0.2, 0) is 33.8 Å². The molecule has 0 aliphatic carbocycles. The molecule has 40 heavy (non-hydrogen) atoms. The van der Waals surface area contributed by atoms with Crippen LogP contribution in [0.3, 0.4) is 0 Å². The molecule has 4 rings (SSSR count). The Labute approximate surface area is 233 Å². The number of benzene rings is 1. The van der Waals surface area contributed by atoms with Gasteiger partial charge in [-0.25, -0.2) is 24.4 Å². The van der Waals surface area contributed by atoms with Crippen LogP contribution in [0.1, 0.15) is 54.6 Å². The van der Waals surface area contributed by atoms with Gasteiger partial charge in [0.25, 0.3) is 0 Å². The van der Waals surface area contributed by atoms with Gasteiger partial charge >= 0.3 is 18.2 Å². The molecule has 2 aliphatic rings. The van der Waals surface area contributed by atoms with Crippen molar-refractivity contribution < 1.29 is 28.6 Å². The Balaban J connectivity index is 1.55. The van der Waals surface area contributed by atoms with Gasteiger partial charge in [0.05, 0.1) is 37.9 Å². The fraction of sp³-hybridized carbons (Fsp3) is 0.500. The summed E-state index contributed by atoms with van der Waals surface area (Å²) >= 11 is 0. The summed E-state index contributed by atoms with van der Waals surface area (Å²) in [6, 6.07) is 11.1. The zero-order chi connectivity index (χ0) is 28.9. The summed E-state index contributed by atoms with van der Waals surface area (Å²) < 4.78 is 15.9. The van der Waals surface area contributed by atoms with E-state index < -0.39 is 29.8 Å². The van der Waals surface area contributed by atoms with E-state index in [0.29, 0.717) is 44.1 Å². The monoisotopic (exact) mass is 550 g/mol. The van der Waals surface area contributed by atoms with Crippen molar-refractivity contribution in [2.45, 2.75) is 58.4 Å². The van der Waals surface area contributed by atoms with Gasteiger partial charge in [-0.15, -0.1) is 0 Å². The van der Waals surface area contributed by atoms with Crippen molar-refractivity contribution in [2.24, 2.45) is 0 Å². The summed E-state index contributed by atoms with van der Waals surface area (Å²) in [5.41, 5.74) is 1.56. The van der Waals surface area contributed by atoms with E-state index in [1.165, 1.54) is 7.11 Å². The van der Waals surface area contributed by atoms with Crippen molar-refractivity contribution >= 4 is 24.0 Å². The summed E-state index contributed by atoms with van der Waals surface area (Å²) in [7, 11) is 1.25. The molecule has 12 heteroatoms. The summed E-state index contributed by atoms with van der Waals surface area (Å²) in [5, 5.41) is 9.50. The van der Waals surface area contributed by atoms with E-state index in [4.69, 9.17) is 14.2 Å². The Hall–Kier alpha value is -4.40. The summed E-state index contributed by atoms with van der Waals surface area (Å²) in [6.45, 7) is 7.09. The number of rotatable bonds is 5. The normalized spacial score (nSPS) is 17.0. The maximum atomic E-state index is 13.0. The Morgan fingerprint density at radius 2 is 1.82 bits per heavy atom. The molecule has 2 amide bonds. The molecule has 1 saturated heterocycles. The molecule has 12 nitrogen and oxygen atoms in total. The van der Waals surface area contributed by atoms with Crippen LogP contribution in [0.5, 0.6) is 0 Å². The lowest BCUT2D eigenvalue weighted by atomic mass is 10.0. The standard InChI is InChI=1S/C28H34N6O6/c1-28(2,3)40-26(36)33-13-11-21-22(17-33)30-23(25(35)38-4)31-24(21)32-14-15-34(20(16-32)10-12-29)27(37)39-18-19-8-6-5-7-9-19/h5-9,20H,10-11,13-18H2,1-4H3. The molecule has 0 radical (unpaired) electrons. The number of ether oxygens (including phenoxy) is 3. The van der Waals surface area contributed by atoms with Crippen molar-refractivity contribution in [2.75, 3.05) is 38.2 Å². The molecule has 0 saturated carbocycles. The van der Waals surface area contributed by atoms with Gasteiger partial charge < -0.3 is 28.9 Å². The van der Waals surface area contributed by atoms with Gasteiger partial charge in [0.1, 0.15) is 18.0 Å². The fourth-order valence-electron chi connectivity index (χ4n) is 4.71. The molecule has 212 valence electrons. The van der Waals surface area contributed by atoms with E-state index in [-0.39, 0.29) is 25.4 Å². The SMILES string of the molecule is COC(=O)c1nc2c(c(N3CCN(C(=O)OCc4ccccc4)C(CC#N)C3)n1)CCN(C(=O)OC(C)(C)C)C2. The first-order chi connectivity index (χ1) is 19.1. The number of anilines is 1. The minimum atomic E-state index is -0.699. The van der Waals surface area contributed by atoms with Crippen LogP contribution < -0.4 is 4.90 Å². The third-order valence-corrected chi connectivity index (χ3v) is 6.61. The van der Waals surface area contributed by atoms with E-state index in [9.17, 15) is 19.6 Å². The van der Waals surface area contributed by atoms with Gasteiger partial charge in [0, 0.05) is 31.7 Å². The largest absolute Gasteiger partial charge is 0.463 e. The lowest BCUT2D eigenvalue weighted by molar-refractivity contribution is 0.0220. The molecule has 2 aromatic rings. The maximum absolute atomic E-state index is 13.0. The number of aromatic nitrogens is 2. The van der Waals surface area contributed by atoms with Gasteiger partial charge in [-0.1, -0.05) is 30.3 Å². The number of carbonyl (C=O) groups excluding carboxylic acids is 3. The number of carbonyl (C=O) groups is 3. The number of piperazine rings is 1. The molecular weight excluding hydrogens is 516 g/mol. The average Bonchev–Trinajstić information content (AvgIpc) is 2.94. The van der Waals surface area contributed by atoms with Crippen molar-refractivity contribution in [3.63, 3.8) is 0 Å². The molecule has 2 aliphatic heterocycles. The van der Waals surface area contributed by atoms with Crippen LogP contribution >= 0.6 is 0 Å². The molecular formula is C28H34N6O6. The number of esters is 1. The van der Waals surface area contributed by atoms with Crippen LogP contribution in [0.4, 0.5) is 15.4 Å². The van der Waals surface area contributed by atoms with Gasteiger partial charge in [-0.2, -0.15) is 5.26 Å². The van der Waals surface area contributed by atoms with Crippen molar-refractivity contribution in [1.29, 1.82) is 5.26 Å². The van der Waals surface area contributed by atoms with Crippen LogP contribution in [0.2, 0.25) is 0 Å². The quantitative estimate of drug-likeness (QED) is 0.403. The number of methoxy groups -OCH3 is 1. The molecule has 1 atom stereocenters. The highest BCUT2D eigenvalue weighted by Gasteiger charge is 2.36. The second-order valence-electron chi connectivity index (χ2n) is 10.6. The predicted molar refractivity (Wildman–Crippen MR) is 143 cm³/mol. The number of amides is 2. The lowest BCUT2D eigenvalue weighted by Gasteiger charge is -2.41. The van der Waals surface area contributed by atoms with Crippen LogP contribution in [-0.4, -0.2) is 82.9 Å². The number of fused-ring (bicyclic) bond motifs is 1. The molecule has 0 spiro atoms. The van der Waals surface area contributed by atoms with E-state index in [1.54, 1.807) is 30.6 Å². The smallest absolute Gasteiger partial charge is 0.410 e. The van der Waals surface area contributed by atoms with Crippen LogP contribution in [0.15, 0.2) is 30.3 Å². The summed E-state index contributed by atoms with van der Waals surface area (Å²) in [6.07, 6.45) is -0.403. The van der Waals surface area contributed by atoms with Gasteiger partial charge in [-0.05, 0) is 32.8 Å². The highest BCUT2D eigenvalue weighted by atomic mass is 16.6. The summed E-state index contributed by atoms with van der Waals surface area (Å²) in [5.74, 6) is -0.284. The Kier molecular flexibility index (Phi) is 8.72. The fourth-order valence-corrected chi connectivity index (χ4v) is 4.71. The zero-order valence-corrected chi connectivity index (χ0v) is 23.3. The third-order valence-electron chi connectivity index (χ3n) is 6.61. The second kappa shape index (κ2) is 12.2. The molecule has 1 unspecified atom stereocenters. The average molecular weight is 551 g/mol. The minimum Gasteiger partial charge on any atom is -0.463 e. The molecule has 3 heterocycles. The highest BCUT2D eigenvalue weighted by molar-refractivity contribution is 5.86. The third kappa shape index (κ3) is 6.77. The molecule has 1 aromatic heterocycles. The van der Waals surface area contributed by atoms with Gasteiger partial charge in [0.15, 0.2) is 0 Å². The van der Waals surface area contributed by atoms with Crippen LogP contribution in [0.25, 0.3) is 0 Å². The van der Waals surface area contributed by atoms with Crippen LogP contribution in [0, 0.1) is 11.3 Å². The molecule has 0 bridgehead atoms. The van der Waals surface area contributed by atoms with E-state index in [1.807, 2.05) is 35.2 Å². The number of nitrogens with zero attached hydrogens (tertiary/aromatic N) is 6. The summed E-state index contributed by atoms with van der Waals surface area (Å²) in [4.78, 5) is 52.2. The molecule has 1 fully saturated rings. The Morgan fingerprint density at radius 3 is 2.50 bits per heavy atom. The first-order valence-corrected chi connectivity index (χ1v) is 13.1. The highest BCUT2D eigenvalue weighted by Crippen LogP contribution is 2.30. The van der Waals surface area contributed by atoms with Crippen molar-refractivity contribution in [1.82, 2.24) is 19.8 Å². The van der Waals surface area contributed by atoms with Crippen molar-refractivity contribution in [3.05, 3.63) is 53.0 Å². The number of hydrogen-bond acceptors (Lipinski definition) is 10. The zero-order valence-electron chi connectivity index (χ0n) is 23.3. The van der Waals surface area contributed by atoms with E-state index in [0.717, 1.165) is 11.1 Å². The van der Waals surface area contributed by atoms with E-state index in [2.05, 4.69) is 16.0 Å². The minimum absolute atomic E-state index is 0.0977. The molecule has 0 N–H and O–H groups in total. The second-order valence-corrected chi connectivity index (χ2v) is 10.6. The van der Waals surface area contributed by atoms with Crippen molar-refractivity contribution in [3.8, 4) is 6.07 Å². The van der Waals surface area contributed by atoms with E-state index >= 15 is 0 Å². The number of hydrogen-bond donors (Lipinski definition) is 0. The first-order valence-electron chi connectivity index (χ1n) is 13.1. The number of nitriles is 1.